The number of likely N-dealkylation sites (tertiary alicyclic amines) is 1. The van der Waals surface area contributed by atoms with Crippen LogP contribution in [-0.2, 0) is 6.42 Å². The zero-order valence-corrected chi connectivity index (χ0v) is 11.3. The van der Waals surface area contributed by atoms with Crippen LogP contribution < -0.4 is 0 Å². The van der Waals surface area contributed by atoms with Crippen LogP contribution in [0.15, 0.2) is 30.3 Å². The molecule has 1 aliphatic heterocycles. The second-order valence-electron chi connectivity index (χ2n) is 4.58. The zero-order valence-electron chi connectivity index (χ0n) is 9.74. The molecular formula is C14H20BrN. The van der Waals surface area contributed by atoms with Gasteiger partial charge in [-0.05, 0) is 44.3 Å². The number of hydrogen-bond acceptors (Lipinski definition) is 1. The first-order valence-corrected chi connectivity index (χ1v) is 7.36. The summed E-state index contributed by atoms with van der Waals surface area (Å²) in [6.07, 6.45) is 5.25. The van der Waals surface area contributed by atoms with Crippen LogP contribution in [0.1, 0.15) is 24.8 Å². The van der Waals surface area contributed by atoms with E-state index in [2.05, 4.69) is 51.2 Å². The molecule has 1 nitrogen and oxygen atoms in total. The Hall–Kier alpha value is -0.340. The van der Waals surface area contributed by atoms with E-state index in [9.17, 15) is 0 Å². The number of nitrogens with zero attached hydrogens (tertiary/aromatic N) is 1. The highest BCUT2D eigenvalue weighted by Gasteiger charge is 2.22. The number of hydrogen-bond donors (Lipinski definition) is 0. The van der Waals surface area contributed by atoms with Gasteiger partial charge in [0.1, 0.15) is 0 Å². The Morgan fingerprint density at radius 1 is 1.25 bits per heavy atom. The molecular weight excluding hydrogens is 262 g/mol. The summed E-state index contributed by atoms with van der Waals surface area (Å²) in [6.45, 7) is 2.55. The van der Waals surface area contributed by atoms with E-state index in [1.807, 2.05) is 0 Å². The molecule has 1 fully saturated rings. The molecule has 1 atom stereocenters. The van der Waals surface area contributed by atoms with E-state index in [0.29, 0.717) is 0 Å². The highest BCUT2D eigenvalue weighted by Crippen LogP contribution is 2.19. The Kier molecular flexibility index (Phi) is 4.86. The van der Waals surface area contributed by atoms with Gasteiger partial charge in [-0.15, -0.1) is 0 Å². The Morgan fingerprint density at radius 3 is 2.81 bits per heavy atom. The van der Waals surface area contributed by atoms with Crippen molar-refractivity contribution in [1.29, 1.82) is 0 Å². The van der Waals surface area contributed by atoms with Gasteiger partial charge in [-0.2, -0.15) is 0 Å². The Bertz CT molecular complexity index is 299. The highest BCUT2D eigenvalue weighted by molar-refractivity contribution is 9.09. The summed E-state index contributed by atoms with van der Waals surface area (Å²) in [4.78, 5) is 2.64. The largest absolute Gasteiger partial charge is 0.300 e. The van der Waals surface area contributed by atoms with Gasteiger partial charge in [0.25, 0.3) is 0 Å². The number of alkyl halides is 1. The van der Waals surface area contributed by atoms with Gasteiger partial charge in [0.15, 0.2) is 0 Å². The smallest absolute Gasteiger partial charge is 0.0193 e. The van der Waals surface area contributed by atoms with Crippen molar-refractivity contribution in [2.45, 2.75) is 31.7 Å². The SMILES string of the molecule is BrCC1CCCN1CCCc1ccccc1. The monoisotopic (exact) mass is 281 g/mol. The quantitative estimate of drug-likeness (QED) is 0.747. The lowest BCUT2D eigenvalue weighted by molar-refractivity contribution is 0.270. The van der Waals surface area contributed by atoms with Gasteiger partial charge in [-0.1, -0.05) is 46.3 Å². The van der Waals surface area contributed by atoms with Crippen molar-refractivity contribution in [3.05, 3.63) is 35.9 Å². The summed E-state index contributed by atoms with van der Waals surface area (Å²) in [5.74, 6) is 0. The molecule has 0 aromatic heterocycles. The molecule has 2 heteroatoms. The molecule has 1 heterocycles. The average molecular weight is 282 g/mol. The van der Waals surface area contributed by atoms with Crippen LogP contribution in [0.2, 0.25) is 0 Å². The van der Waals surface area contributed by atoms with Gasteiger partial charge in [-0.3, -0.25) is 4.90 Å². The lowest BCUT2D eigenvalue weighted by Gasteiger charge is -2.22. The summed E-state index contributed by atoms with van der Waals surface area (Å²) < 4.78 is 0. The van der Waals surface area contributed by atoms with E-state index in [-0.39, 0.29) is 0 Å². The molecule has 0 N–H and O–H groups in total. The Labute approximate surface area is 107 Å². The lowest BCUT2D eigenvalue weighted by atomic mass is 10.1. The minimum atomic E-state index is 0.788. The van der Waals surface area contributed by atoms with Crippen molar-refractivity contribution in [2.24, 2.45) is 0 Å². The van der Waals surface area contributed by atoms with Crippen LogP contribution >= 0.6 is 15.9 Å². The predicted molar refractivity (Wildman–Crippen MR) is 73.2 cm³/mol. The summed E-state index contributed by atoms with van der Waals surface area (Å²) in [7, 11) is 0. The van der Waals surface area contributed by atoms with Crippen molar-refractivity contribution in [3.63, 3.8) is 0 Å². The Balaban J connectivity index is 1.72. The average Bonchev–Trinajstić information content (AvgIpc) is 2.78. The topological polar surface area (TPSA) is 3.24 Å². The van der Waals surface area contributed by atoms with E-state index in [4.69, 9.17) is 0 Å². The van der Waals surface area contributed by atoms with Gasteiger partial charge in [-0.25, -0.2) is 0 Å². The standard InChI is InChI=1S/C14H20BrN/c15-12-14-9-5-11-16(14)10-4-8-13-6-2-1-3-7-13/h1-3,6-7,14H,4-5,8-12H2. The molecule has 2 rings (SSSR count). The van der Waals surface area contributed by atoms with Gasteiger partial charge in [0.05, 0.1) is 0 Å². The third-order valence-electron chi connectivity index (χ3n) is 3.43. The van der Waals surface area contributed by atoms with Gasteiger partial charge < -0.3 is 0 Å². The summed E-state index contributed by atoms with van der Waals surface area (Å²) in [6, 6.07) is 11.6. The second-order valence-corrected chi connectivity index (χ2v) is 5.22. The van der Waals surface area contributed by atoms with Crippen LogP contribution in [-0.4, -0.2) is 29.4 Å². The molecule has 88 valence electrons. The molecule has 1 aromatic carbocycles. The molecule has 1 unspecified atom stereocenters. The van der Waals surface area contributed by atoms with Crippen LogP contribution in [0.4, 0.5) is 0 Å². The van der Waals surface area contributed by atoms with Crippen LogP contribution in [0.5, 0.6) is 0 Å². The fraction of sp³-hybridized carbons (Fsp3) is 0.571. The van der Waals surface area contributed by atoms with Crippen molar-refractivity contribution >= 4 is 15.9 Å². The van der Waals surface area contributed by atoms with Crippen molar-refractivity contribution < 1.29 is 0 Å². The number of rotatable bonds is 5. The molecule has 0 radical (unpaired) electrons. The minimum Gasteiger partial charge on any atom is -0.300 e. The summed E-state index contributed by atoms with van der Waals surface area (Å²) in [5, 5.41) is 1.14. The third kappa shape index (κ3) is 3.33. The molecule has 0 spiro atoms. The van der Waals surface area contributed by atoms with Crippen molar-refractivity contribution in [1.82, 2.24) is 4.90 Å². The van der Waals surface area contributed by atoms with E-state index in [1.165, 1.54) is 44.3 Å². The Morgan fingerprint density at radius 2 is 2.06 bits per heavy atom. The van der Waals surface area contributed by atoms with E-state index >= 15 is 0 Å². The van der Waals surface area contributed by atoms with E-state index in [0.717, 1.165) is 11.4 Å². The molecule has 0 aliphatic carbocycles. The van der Waals surface area contributed by atoms with E-state index < -0.39 is 0 Å². The minimum absolute atomic E-state index is 0.788. The third-order valence-corrected chi connectivity index (χ3v) is 4.18. The summed E-state index contributed by atoms with van der Waals surface area (Å²) in [5.41, 5.74) is 1.47. The zero-order chi connectivity index (χ0) is 11.2. The maximum absolute atomic E-state index is 3.61. The fourth-order valence-electron chi connectivity index (χ4n) is 2.50. The molecule has 1 aromatic rings. The molecule has 0 saturated carbocycles. The number of halogens is 1. The molecule has 1 aliphatic rings. The lowest BCUT2D eigenvalue weighted by Crippen LogP contribution is -2.31. The second kappa shape index (κ2) is 6.41. The molecule has 16 heavy (non-hydrogen) atoms. The van der Waals surface area contributed by atoms with Crippen molar-refractivity contribution in [3.8, 4) is 0 Å². The predicted octanol–water partition coefficient (Wildman–Crippen LogP) is 3.48. The van der Waals surface area contributed by atoms with Crippen molar-refractivity contribution in [2.75, 3.05) is 18.4 Å². The van der Waals surface area contributed by atoms with Crippen LogP contribution in [0, 0.1) is 0 Å². The van der Waals surface area contributed by atoms with Gasteiger partial charge in [0.2, 0.25) is 0 Å². The maximum Gasteiger partial charge on any atom is 0.0193 e. The fourth-order valence-corrected chi connectivity index (χ4v) is 3.23. The van der Waals surface area contributed by atoms with Crippen LogP contribution in [0.25, 0.3) is 0 Å². The van der Waals surface area contributed by atoms with Gasteiger partial charge in [0, 0.05) is 11.4 Å². The van der Waals surface area contributed by atoms with Crippen LogP contribution in [0.3, 0.4) is 0 Å². The van der Waals surface area contributed by atoms with E-state index in [1.54, 1.807) is 0 Å². The normalized spacial score (nSPS) is 21.4. The molecule has 0 bridgehead atoms. The number of benzene rings is 1. The first-order valence-electron chi connectivity index (χ1n) is 6.24. The first-order chi connectivity index (χ1) is 7.90. The highest BCUT2D eigenvalue weighted by atomic mass is 79.9. The first kappa shape index (κ1) is 12.1. The summed E-state index contributed by atoms with van der Waals surface area (Å²) >= 11 is 3.61. The maximum atomic E-state index is 3.61. The molecule has 0 amide bonds. The molecule has 1 saturated heterocycles. The number of aryl methyl sites for hydroxylation is 1. The van der Waals surface area contributed by atoms with Gasteiger partial charge >= 0.3 is 0 Å².